The molecular formula is C9H11ClN2O. The second-order valence-corrected chi connectivity index (χ2v) is 3.16. The lowest BCUT2D eigenvalue weighted by atomic mass is 10.3. The van der Waals surface area contributed by atoms with E-state index in [-0.39, 0.29) is 5.57 Å². The summed E-state index contributed by atoms with van der Waals surface area (Å²) in [5.41, 5.74) is 0.281. The minimum atomic E-state index is -0.564. The Morgan fingerprint density at radius 2 is 2.23 bits per heavy atom. The number of carbonyl (C=O) groups is 1. The number of nitrogens with zero attached hydrogens (tertiary/aromatic N) is 1. The Balaban J connectivity index is 2.83. The highest BCUT2D eigenvalue weighted by molar-refractivity contribution is 6.68. The summed E-state index contributed by atoms with van der Waals surface area (Å²) in [6.07, 6.45) is 3.58. The molecule has 70 valence electrons. The number of hydrogen-bond donors (Lipinski definition) is 1. The molecule has 0 saturated heterocycles. The van der Waals surface area contributed by atoms with Crippen LogP contribution in [0, 0.1) is 0 Å². The van der Waals surface area contributed by atoms with Crippen LogP contribution in [0.1, 0.15) is 12.8 Å². The van der Waals surface area contributed by atoms with Crippen LogP contribution in [0.15, 0.2) is 29.0 Å². The molecule has 1 fully saturated rings. The quantitative estimate of drug-likeness (QED) is 0.316. The monoisotopic (exact) mass is 198 g/mol. The maximum absolute atomic E-state index is 10.9. The first kappa shape index (κ1) is 9.99. The molecule has 0 aromatic heterocycles. The SMILES string of the molecule is C=C/C(C(=O)Cl)=C(\N=C)NC1CC1. The second kappa shape index (κ2) is 4.23. The van der Waals surface area contributed by atoms with Crippen LogP contribution in [-0.4, -0.2) is 18.0 Å². The van der Waals surface area contributed by atoms with Crippen molar-refractivity contribution in [2.75, 3.05) is 0 Å². The molecule has 3 nitrogen and oxygen atoms in total. The van der Waals surface area contributed by atoms with Gasteiger partial charge >= 0.3 is 0 Å². The molecule has 0 aromatic carbocycles. The van der Waals surface area contributed by atoms with Crippen LogP contribution >= 0.6 is 11.6 Å². The van der Waals surface area contributed by atoms with Gasteiger partial charge < -0.3 is 5.32 Å². The van der Waals surface area contributed by atoms with Gasteiger partial charge in [0.05, 0.1) is 5.57 Å². The maximum atomic E-state index is 10.9. The number of carbonyl (C=O) groups excluding carboxylic acids is 1. The Hall–Kier alpha value is -1.09. The third-order valence-corrected chi connectivity index (χ3v) is 1.95. The van der Waals surface area contributed by atoms with Crippen molar-refractivity contribution in [1.29, 1.82) is 0 Å². The normalized spacial score (nSPS) is 17.3. The molecule has 0 spiro atoms. The largest absolute Gasteiger partial charge is 0.367 e. The first-order chi connectivity index (χ1) is 6.19. The van der Waals surface area contributed by atoms with Gasteiger partial charge in [0.15, 0.2) is 0 Å². The highest BCUT2D eigenvalue weighted by atomic mass is 35.5. The summed E-state index contributed by atoms with van der Waals surface area (Å²) in [7, 11) is 0. The van der Waals surface area contributed by atoms with Gasteiger partial charge in [-0.05, 0) is 31.2 Å². The predicted molar refractivity (Wildman–Crippen MR) is 53.8 cm³/mol. The molecule has 0 heterocycles. The van der Waals surface area contributed by atoms with E-state index in [0.29, 0.717) is 11.9 Å². The Kier molecular flexibility index (Phi) is 3.25. The van der Waals surface area contributed by atoms with E-state index >= 15 is 0 Å². The molecule has 0 aromatic rings. The average Bonchev–Trinajstić information content (AvgIpc) is 2.87. The Labute approximate surface area is 82.2 Å². The summed E-state index contributed by atoms with van der Waals surface area (Å²) in [4.78, 5) is 14.6. The Morgan fingerprint density at radius 1 is 1.62 bits per heavy atom. The molecule has 0 unspecified atom stereocenters. The summed E-state index contributed by atoms with van der Waals surface area (Å²) in [5.74, 6) is 0.428. The van der Waals surface area contributed by atoms with E-state index in [1.165, 1.54) is 6.08 Å². The predicted octanol–water partition coefficient (Wildman–Crippen LogP) is 1.60. The molecule has 1 rings (SSSR count). The second-order valence-electron chi connectivity index (χ2n) is 2.82. The zero-order chi connectivity index (χ0) is 9.84. The van der Waals surface area contributed by atoms with Gasteiger partial charge in [-0.3, -0.25) is 4.79 Å². The van der Waals surface area contributed by atoms with E-state index in [0.717, 1.165) is 12.8 Å². The highest BCUT2D eigenvalue weighted by Crippen LogP contribution is 2.22. The molecule has 4 heteroatoms. The maximum Gasteiger partial charge on any atom is 0.256 e. The average molecular weight is 199 g/mol. The molecule has 1 N–H and O–H groups in total. The van der Waals surface area contributed by atoms with Crippen molar-refractivity contribution in [3.63, 3.8) is 0 Å². The van der Waals surface area contributed by atoms with Crippen molar-refractivity contribution in [2.45, 2.75) is 18.9 Å². The van der Waals surface area contributed by atoms with Gasteiger partial charge in [0.1, 0.15) is 5.82 Å². The number of allylic oxidation sites excluding steroid dienone is 2. The summed E-state index contributed by atoms with van der Waals surface area (Å²) in [5, 5.41) is 2.48. The molecule has 0 radical (unpaired) electrons. The van der Waals surface area contributed by atoms with Crippen LogP contribution < -0.4 is 5.32 Å². The third kappa shape index (κ3) is 2.70. The van der Waals surface area contributed by atoms with Gasteiger partial charge in [0.2, 0.25) is 0 Å². The van der Waals surface area contributed by atoms with Gasteiger partial charge in [0.25, 0.3) is 5.24 Å². The molecule has 0 bridgehead atoms. The van der Waals surface area contributed by atoms with Crippen LogP contribution in [0.5, 0.6) is 0 Å². The van der Waals surface area contributed by atoms with Gasteiger partial charge in [0, 0.05) is 6.04 Å². The summed E-state index contributed by atoms with van der Waals surface area (Å²) in [6.45, 7) is 6.85. The van der Waals surface area contributed by atoms with Crippen LogP contribution in [-0.2, 0) is 4.79 Å². The fourth-order valence-electron chi connectivity index (χ4n) is 0.900. The molecule has 13 heavy (non-hydrogen) atoms. The van der Waals surface area contributed by atoms with Crippen LogP contribution in [0.3, 0.4) is 0 Å². The lowest BCUT2D eigenvalue weighted by Crippen LogP contribution is -2.17. The van der Waals surface area contributed by atoms with E-state index < -0.39 is 5.24 Å². The van der Waals surface area contributed by atoms with E-state index in [2.05, 4.69) is 23.6 Å². The molecular weight excluding hydrogens is 188 g/mol. The van der Waals surface area contributed by atoms with Crippen molar-refractivity contribution in [1.82, 2.24) is 5.32 Å². The van der Waals surface area contributed by atoms with Crippen LogP contribution in [0.2, 0.25) is 0 Å². The Bertz CT molecular complexity index is 279. The zero-order valence-corrected chi connectivity index (χ0v) is 7.97. The minimum absolute atomic E-state index is 0.281. The number of hydrogen-bond acceptors (Lipinski definition) is 3. The van der Waals surface area contributed by atoms with E-state index in [1.807, 2.05) is 0 Å². The van der Waals surface area contributed by atoms with Gasteiger partial charge in [-0.1, -0.05) is 12.7 Å². The first-order valence-electron chi connectivity index (χ1n) is 3.99. The number of halogens is 1. The molecule has 0 aliphatic heterocycles. The summed E-state index contributed by atoms with van der Waals surface area (Å²) >= 11 is 5.33. The summed E-state index contributed by atoms with van der Waals surface area (Å²) < 4.78 is 0. The van der Waals surface area contributed by atoms with Crippen molar-refractivity contribution in [2.24, 2.45) is 4.99 Å². The van der Waals surface area contributed by atoms with Gasteiger partial charge in [-0.15, -0.1) is 0 Å². The van der Waals surface area contributed by atoms with E-state index in [1.54, 1.807) is 0 Å². The van der Waals surface area contributed by atoms with E-state index in [9.17, 15) is 4.79 Å². The number of aliphatic imine (C=N–C) groups is 1. The molecule has 1 aliphatic rings. The van der Waals surface area contributed by atoms with Crippen molar-refractivity contribution in [3.8, 4) is 0 Å². The third-order valence-electron chi connectivity index (χ3n) is 1.75. The molecule has 1 saturated carbocycles. The minimum Gasteiger partial charge on any atom is -0.367 e. The van der Waals surface area contributed by atoms with E-state index in [4.69, 9.17) is 11.6 Å². The fraction of sp³-hybridized carbons (Fsp3) is 0.333. The lowest BCUT2D eigenvalue weighted by Gasteiger charge is -2.06. The fourth-order valence-corrected chi connectivity index (χ4v) is 1.07. The smallest absolute Gasteiger partial charge is 0.256 e. The van der Waals surface area contributed by atoms with Gasteiger partial charge in [-0.2, -0.15) is 0 Å². The van der Waals surface area contributed by atoms with Crippen molar-refractivity contribution >= 4 is 23.6 Å². The topological polar surface area (TPSA) is 41.5 Å². The lowest BCUT2D eigenvalue weighted by molar-refractivity contribution is -0.108. The standard InChI is InChI=1S/C9H11ClN2O/c1-3-7(8(10)13)9(11-2)12-6-4-5-6/h3,6,12H,1-2,4-5H2/b9-7-. The molecule has 1 aliphatic carbocycles. The highest BCUT2D eigenvalue weighted by Gasteiger charge is 2.23. The van der Waals surface area contributed by atoms with Crippen molar-refractivity contribution in [3.05, 3.63) is 24.0 Å². The Morgan fingerprint density at radius 3 is 2.54 bits per heavy atom. The summed E-state index contributed by atoms with van der Waals surface area (Å²) in [6, 6.07) is 0.409. The van der Waals surface area contributed by atoms with Crippen LogP contribution in [0.25, 0.3) is 0 Å². The zero-order valence-electron chi connectivity index (χ0n) is 7.22. The van der Waals surface area contributed by atoms with Crippen molar-refractivity contribution < 1.29 is 4.79 Å². The first-order valence-corrected chi connectivity index (χ1v) is 4.36. The number of nitrogens with one attached hydrogen (secondary N) is 1. The van der Waals surface area contributed by atoms with Gasteiger partial charge in [-0.25, -0.2) is 4.99 Å². The number of rotatable bonds is 5. The van der Waals surface area contributed by atoms with Crippen LogP contribution in [0.4, 0.5) is 0 Å². The molecule has 0 atom stereocenters. The molecule has 0 amide bonds.